The molecule has 0 aliphatic rings. The molecule has 0 unspecified atom stereocenters. The van der Waals surface area contributed by atoms with Crippen LogP contribution in [0.15, 0.2) is 109 Å². The van der Waals surface area contributed by atoms with Crippen LogP contribution in [0.3, 0.4) is 0 Å². The van der Waals surface area contributed by atoms with Crippen LogP contribution in [0.25, 0.3) is 0 Å². The van der Waals surface area contributed by atoms with Crippen molar-refractivity contribution in [3.8, 4) is 11.5 Å². The van der Waals surface area contributed by atoms with Crippen LogP contribution in [0.1, 0.15) is 10.4 Å². The van der Waals surface area contributed by atoms with Gasteiger partial charge in [0, 0.05) is 11.3 Å². The fraction of sp³-hybridized carbons (Fsp3) is 0.0370. The van der Waals surface area contributed by atoms with Crippen LogP contribution in [-0.2, 0) is 4.79 Å². The number of amides is 2. The van der Waals surface area contributed by atoms with Gasteiger partial charge in [-0.05, 0) is 54.6 Å². The molecule has 0 heterocycles. The van der Waals surface area contributed by atoms with Gasteiger partial charge >= 0.3 is 12.2 Å². The number of rotatable bonds is 8. The zero-order valence-corrected chi connectivity index (χ0v) is 18.7. The summed E-state index contributed by atoms with van der Waals surface area (Å²) in [5, 5.41) is 5.78. The maximum atomic E-state index is 13.0. The molecule has 0 aliphatic heterocycles. The molecule has 2 N–H and O–H groups in total. The Morgan fingerprint density at radius 3 is 1.74 bits per heavy atom. The lowest BCUT2D eigenvalue weighted by Crippen LogP contribution is -2.38. The molecule has 7 heteroatoms. The van der Waals surface area contributed by atoms with Crippen molar-refractivity contribution in [2.24, 2.45) is 0 Å². The maximum absolute atomic E-state index is 13.0. The van der Waals surface area contributed by atoms with E-state index in [1.165, 1.54) is 0 Å². The third-order valence-electron chi connectivity index (χ3n) is 4.71. The number of carbonyl (C=O) groups excluding carboxylic acids is 2. The first kappa shape index (κ1) is 22.9. The molecule has 4 aromatic rings. The molecule has 0 saturated carbocycles. The minimum Gasteiger partial charge on any atom is -0.446 e. The second kappa shape index (κ2) is 11.0. The Balaban J connectivity index is 1.47. The molecule has 0 saturated heterocycles. The second-order valence-corrected chi connectivity index (χ2v) is 7.60. The van der Waals surface area contributed by atoms with Crippen molar-refractivity contribution in [2.45, 2.75) is 6.29 Å². The monoisotopic (exact) mass is 472 g/mol. The van der Waals surface area contributed by atoms with Crippen molar-refractivity contribution < 1.29 is 19.1 Å². The minimum absolute atomic E-state index is 0.270. The summed E-state index contributed by atoms with van der Waals surface area (Å²) in [6, 6.07) is 31.4. The Labute approximate surface area is 202 Å². The fourth-order valence-electron chi connectivity index (χ4n) is 3.06. The number of benzene rings is 4. The van der Waals surface area contributed by atoms with E-state index in [0.29, 0.717) is 28.4 Å². The molecule has 34 heavy (non-hydrogen) atoms. The van der Waals surface area contributed by atoms with Gasteiger partial charge < -0.3 is 20.1 Å². The molecular formula is C27H21ClN2O4. The van der Waals surface area contributed by atoms with E-state index in [0.717, 1.165) is 0 Å². The topological polar surface area (TPSA) is 76.7 Å². The van der Waals surface area contributed by atoms with Gasteiger partial charge in [-0.25, -0.2) is 0 Å². The van der Waals surface area contributed by atoms with E-state index >= 15 is 0 Å². The maximum Gasteiger partial charge on any atom is 0.321 e. The molecule has 6 nitrogen and oxygen atoms in total. The number of nitrogens with one attached hydrogen (secondary N) is 2. The molecule has 0 radical (unpaired) electrons. The summed E-state index contributed by atoms with van der Waals surface area (Å²) in [7, 11) is 0. The average molecular weight is 473 g/mol. The summed E-state index contributed by atoms with van der Waals surface area (Å²) < 4.78 is 11.6. The van der Waals surface area contributed by atoms with Gasteiger partial charge in [-0.3, -0.25) is 9.59 Å². The van der Waals surface area contributed by atoms with Gasteiger partial charge in [-0.2, -0.15) is 0 Å². The Bertz CT molecular complexity index is 1210. The van der Waals surface area contributed by atoms with Crippen LogP contribution in [0.2, 0.25) is 5.02 Å². The SMILES string of the molecule is O=C(Nc1ccc(NC(=O)C(Oc2ccccc2)Oc2ccccc2)cc1Cl)c1ccccc1. The first-order chi connectivity index (χ1) is 16.6. The molecule has 2 amide bonds. The average Bonchev–Trinajstić information content (AvgIpc) is 2.87. The van der Waals surface area contributed by atoms with Gasteiger partial charge in [0.25, 0.3) is 5.91 Å². The number of hydrogen-bond donors (Lipinski definition) is 2. The third kappa shape index (κ3) is 6.15. The Morgan fingerprint density at radius 1 is 0.676 bits per heavy atom. The number of carbonyl (C=O) groups is 2. The Kier molecular flexibility index (Phi) is 7.42. The molecule has 0 bridgehead atoms. The summed E-state index contributed by atoms with van der Waals surface area (Å²) in [6.07, 6.45) is -1.25. The lowest BCUT2D eigenvalue weighted by molar-refractivity contribution is -0.134. The van der Waals surface area contributed by atoms with Gasteiger partial charge in [0.15, 0.2) is 0 Å². The highest BCUT2D eigenvalue weighted by Crippen LogP contribution is 2.26. The number of para-hydroxylation sites is 2. The van der Waals surface area contributed by atoms with Crippen molar-refractivity contribution >= 4 is 34.8 Å². The molecule has 4 rings (SSSR count). The lowest BCUT2D eigenvalue weighted by Gasteiger charge is -2.20. The second-order valence-electron chi connectivity index (χ2n) is 7.20. The van der Waals surface area contributed by atoms with Crippen LogP contribution in [-0.4, -0.2) is 18.1 Å². The molecule has 4 aromatic carbocycles. The standard InChI is InChI=1S/C27H21ClN2O4/c28-23-18-20(16-17-24(23)30-25(31)19-10-4-1-5-11-19)29-26(32)27(33-21-12-6-2-7-13-21)34-22-14-8-3-9-15-22/h1-18,27H,(H,29,32)(H,30,31). The highest BCUT2D eigenvalue weighted by atomic mass is 35.5. The van der Waals surface area contributed by atoms with Gasteiger partial charge in [0.2, 0.25) is 0 Å². The summed E-state index contributed by atoms with van der Waals surface area (Å²) in [5.74, 6) is 0.155. The molecule has 0 fully saturated rings. The van der Waals surface area contributed by atoms with Crippen LogP contribution in [0, 0.1) is 0 Å². The van der Waals surface area contributed by atoms with E-state index in [4.69, 9.17) is 21.1 Å². The molecular weight excluding hydrogens is 452 g/mol. The van der Waals surface area contributed by atoms with Gasteiger partial charge in [-0.1, -0.05) is 66.2 Å². The van der Waals surface area contributed by atoms with Crippen molar-refractivity contribution in [2.75, 3.05) is 10.6 Å². The van der Waals surface area contributed by atoms with Crippen molar-refractivity contribution in [3.63, 3.8) is 0 Å². The Morgan fingerprint density at radius 2 is 1.21 bits per heavy atom. The number of hydrogen-bond acceptors (Lipinski definition) is 4. The van der Waals surface area contributed by atoms with E-state index < -0.39 is 12.2 Å². The number of anilines is 2. The molecule has 0 aromatic heterocycles. The van der Waals surface area contributed by atoms with Crippen molar-refractivity contribution in [1.29, 1.82) is 0 Å². The lowest BCUT2D eigenvalue weighted by atomic mass is 10.2. The third-order valence-corrected chi connectivity index (χ3v) is 5.02. The summed E-state index contributed by atoms with van der Waals surface area (Å²) in [4.78, 5) is 25.4. The van der Waals surface area contributed by atoms with E-state index in [1.807, 2.05) is 18.2 Å². The minimum atomic E-state index is -1.25. The quantitative estimate of drug-likeness (QED) is 0.308. The van der Waals surface area contributed by atoms with E-state index in [9.17, 15) is 9.59 Å². The zero-order chi connectivity index (χ0) is 23.8. The van der Waals surface area contributed by atoms with Crippen LogP contribution in [0.4, 0.5) is 11.4 Å². The zero-order valence-electron chi connectivity index (χ0n) is 18.0. The van der Waals surface area contributed by atoms with E-state index in [2.05, 4.69) is 10.6 Å². The predicted molar refractivity (Wildman–Crippen MR) is 132 cm³/mol. The van der Waals surface area contributed by atoms with E-state index in [1.54, 1.807) is 91.0 Å². The van der Waals surface area contributed by atoms with Gasteiger partial charge in [0.05, 0.1) is 10.7 Å². The van der Waals surface area contributed by atoms with Crippen LogP contribution >= 0.6 is 11.6 Å². The fourth-order valence-corrected chi connectivity index (χ4v) is 3.28. The normalized spacial score (nSPS) is 10.4. The molecule has 0 aliphatic carbocycles. The highest BCUT2D eigenvalue weighted by molar-refractivity contribution is 6.34. The summed E-state index contributed by atoms with van der Waals surface area (Å²) >= 11 is 6.35. The molecule has 0 spiro atoms. The number of halogens is 1. The van der Waals surface area contributed by atoms with Gasteiger partial charge in [-0.15, -0.1) is 0 Å². The number of ether oxygens (including phenoxy) is 2. The van der Waals surface area contributed by atoms with Crippen LogP contribution in [0.5, 0.6) is 11.5 Å². The van der Waals surface area contributed by atoms with Crippen molar-refractivity contribution in [3.05, 3.63) is 120 Å². The smallest absolute Gasteiger partial charge is 0.321 e. The summed E-state index contributed by atoms with van der Waals surface area (Å²) in [5.41, 5.74) is 1.35. The molecule has 170 valence electrons. The van der Waals surface area contributed by atoms with E-state index in [-0.39, 0.29) is 10.9 Å². The van der Waals surface area contributed by atoms with Crippen LogP contribution < -0.4 is 20.1 Å². The highest BCUT2D eigenvalue weighted by Gasteiger charge is 2.23. The van der Waals surface area contributed by atoms with Crippen molar-refractivity contribution in [1.82, 2.24) is 0 Å². The Hall–Kier alpha value is -4.29. The predicted octanol–water partition coefficient (Wildman–Crippen LogP) is 6.01. The first-order valence-electron chi connectivity index (χ1n) is 10.5. The van der Waals surface area contributed by atoms with Gasteiger partial charge in [0.1, 0.15) is 11.5 Å². The largest absolute Gasteiger partial charge is 0.446 e. The molecule has 0 atom stereocenters. The summed E-state index contributed by atoms with van der Waals surface area (Å²) in [6.45, 7) is 0. The first-order valence-corrected chi connectivity index (χ1v) is 10.9.